The standard InChI is InChI=1S/C27H32BNO3/c1-26(2)27(3,4)32-28(31-26)22-15-16-24-23(20-22)25(30)17-19-29(24)18-11-6-5-8-12-21-13-9-7-10-14-21/h6-7,9-11,13-17,19-20H,5,8,12,18H2,1-4H3/b11-6+. The Hall–Kier alpha value is -2.63. The number of hydrogen-bond donors (Lipinski definition) is 0. The lowest BCUT2D eigenvalue weighted by atomic mass is 9.78. The summed E-state index contributed by atoms with van der Waals surface area (Å²) >= 11 is 0. The topological polar surface area (TPSA) is 40.5 Å². The normalized spacial score (nSPS) is 17.4. The molecule has 0 amide bonds. The molecule has 0 bridgehead atoms. The third-order valence-electron chi connectivity index (χ3n) is 6.67. The first-order chi connectivity index (χ1) is 15.3. The predicted octanol–water partition coefficient (Wildman–Crippen LogP) is 4.88. The number of nitrogens with zero attached hydrogens (tertiary/aromatic N) is 1. The van der Waals surface area contributed by atoms with E-state index in [4.69, 9.17) is 9.31 Å². The first-order valence-electron chi connectivity index (χ1n) is 11.4. The van der Waals surface area contributed by atoms with E-state index in [0.29, 0.717) is 5.39 Å². The maximum Gasteiger partial charge on any atom is 0.494 e. The van der Waals surface area contributed by atoms with Gasteiger partial charge in [0.05, 0.1) is 16.7 Å². The lowest BCUT2D eigenvalue weighted by Crippen LogP contribution is -2.41. The van der Waals surface area contributed by atoms with E-state index in [0.717, 1.165) is 36.8 Å². The molecule has 5 heteroatoms. The second-order valence-corrected chi connectivity index (χ2v) is 9.55. The Kier molecular flexibility index (Phi) is 6.41. The number of hydrogen-bond acceptors (Lipinski definition) is 3. The van der Waals surface area contributed by atoms with Crippen molar-refractivity contribution in [2.45, 2.75) is 64.7 Å². The second-order valence-electron chi connectivity index (χ2n) is 9.55. The number of aryl methyl sites for hydroxylation is 1. The van der Waals surface area contributed by atoms with Gasteiger partial charge in [-0.1, -0.05) is 48.6 Å². The number of unbranched alkanes of at least 4 members (excludes halogenated alkanes) is 1. The molecule has 1 fully saturated rings. The lowest BCUT2D eigenvalue weighted by molar-refractivity contribution is 0.00578. The van der Waals surface area contributed by atoms with Crippen LogP contribution in [-0.2, 0) is 22.3 Å². The minimum absolute atomic E-state index is 0.0152. The average Bonchev–Trinajstić information content (AvgIpc) is 2.99. The van der Waals surface area contributed by atoms with Gasteiger partial charge in [0.25, 0.3) is 0 Å². The van der Waals surface area contributed by atoms with Crippen LogP contribution < -0.4 is 10.9 Å². The summed E-state index contributed by atoms with van der Waals surface area (Å²) in [7, 11) is -0.470. The molecule has 4 rings (SSSR count). The molecule has 1 saturated heterocycles. The number of rotatable bonds is 7. The molecule has 1 aliphatic rings. The zero-order valence-corrected chi connectivity index (χ0v) is 19.5. The van der Waals surface area contributed by atoms with Gasteiger partial charge in [-0.2, -0.15) is 0 Å². The monoisotopic (exact) mass is 429 g/mol. The molecule has 3 aromatic rings. The molecule has 2 aromatic carbocycles. The van der Waals surface area contributed by atoms with Crippen LogP contribution in [0.25, 0.3) is 10.9 Å². The van der Waals surface area contributed by atoms with Crippen LogP contribution in [0, 0.1) is 0 Å². The van der Waals surface area contributed by atoms with E-state index in [9.17, 15) is 4.79 Å². The van der Waals surface area contributed by atoms with Crippen molar-refractivity contribution in [3.05, 3.63) is 88.7 Å². The molecule has 32 heavy (non-hydrogen) atoms. The number of pyridine rings is 1. The summed E-state index contributed by atoms with van der Waals surface area (Å²) < 4.78 is 14.4. The van der Waals surface area contributed by atoms with E-state index < -0.39 is 18.3 Å². The van der Waals surface area contributed by atoms with Gasteiger partial charge >= 0.3 is 7.12 Å². The second kappa shape index (κ2) is 9.09. The molecule has 0 N–H and O–H groups in total. The van der Waals surface area contributed by atoms with Gasteiger partial charge in [-0.15, -0.1) is 0 Å². The fourth-order valence-corrected chi connectivity index (χ4v) is 3.99. The quantitative estimate of drug-likeness (QED) is 0.305. The zero-order chi connectivity index (χ0) is 22.8. The summed E-state index contributed by atoms with van der Waals surface area (Å²) in [6, 6.07) is 18.1. The van der Waals surface area contributed by atoms with E-state index in [1.165, 1.54) is 5.56 Å². The Morgan fingerprint density at radius 2 is 1.66 bits per heavy atom. The minimum atomic E-state index is -0.470. The Labute approximate surface area is 191 Å². The fourth-order valence-electron chi connectivity index (χ4n) is 3.99. The van der Waals surface area contributed by atoms with Crippen LogP contribution in [0.15, 0.2) is 77.7 Å². The Morgan fingerprint density at radius 3 is 2.38 bits per heavy atom. The summed E-state index contributed by atoms with van der Waals surface area (Å²) in [5.74, 6) is 0. The van der Waals surface area contributed by atoms with E-state index in [2.05, 4.69) is 47.1 Å². The highest BCUT2D eigenvalue weighted by Gasteiger charge is 2.51. The third kappa shape index (κ3) is 4.74. The molecule has 2 heterocycles. The van der Waals surface area contributed by atoms with Crippen molar-refractivity contribution in [2.24, 2.45) is 0 Å². The molecule has 4 nitrogen and oxygen atoms in total. The molecule has 1 aliphatic heterocycles. The van der Waals surface area contributed by atoms with Gasteiger partial charge in [-0.3, -0.25) is 4.79 Å². The van der Waals surface area contributed by atoms with Gasteiger partial charge in [0.2, 0.25) is 0 Å². The van der Waals surface area contributed by atoms with Crippen molar-refractivity contribution in [3.8, 4) is 0 Å². The maximum atomic E-state index is 12.6. The van der Waals surface area contributed by atoms with Gasteiger partial charge in [0.1, 0.15) is 0 Å². The molecule has 0 radical (unpaired) electrons. The van der Waals surface area contributed by atoms with Crippen molar-refractivity contribution in [1.29, 1.82) is 0 Å². The van der Waals surface area contributed by atoms with Crippen LogP contribution in [0.1, 0.15) is 46.1 Å². The predicted molar refractivity (Wildman–Crippen MR) is 132 cm³/mol. The number of aromatic nitrogens is 1. The van der Waals surface area contributed by atoms with Crippen molar-refractivity contribution in [1.82, 2.24) is 4.57 Å². The summed E-state index contributed by atoms with van der Waals surface area (Å²) in [4.78, 5) is 12.6. The van der Waals surface area contributed by atoms with Crippen LogP contribution in [0.2, 0.25) is 0 Å². The van der Waals surface area contributed by atoms with Gasteiger partial charge < -0.3 is 13.9 Å². The molecule has 1 aromatic heterocycles. The van der Waals surface area contributed by atoms with Gasteiger partial charge in [0, 0.05) is 24.2 Å². The largest absolute Gasteiger partial charge is 0.494 e. The summed E-state index contributed by atoms with van der Waals surface area (Å²) in [6.07, 6.45) is 9.53. The molecule has 0 spiro atoms. The van der Waals surface area contributed by atoms with Crippen molar-refractivity contribution < 1.29 is 9.31 Å². The van der Waals surface area contributed by atoms with Gasteiger partial charge in [-0.25, -0.2) is 0 Å². The van der Waals surface area contributed by atoms with Crippen LogP contribution in [0.4, 0.5) is 0 Å². The molecular weight excluding hydrogens is 397 g/mol. The van der Waals surface area contributed by atoms with Crippen LogP contribution in [0.3, 0.4) is 0 Å². The Bertz CT molecular complexity index is 1150. The average molecular weight is 429 g/mol. The SMILES string of the molecule is CC1(C)OB(c2ccc3c(c2)c(=O)ccn3C/C=C/CCCc2ccccc2)OC1(C)C. The molecular formula is C27H32BNO3. The van der Waals surface area contributed by atoms with E-state index in [-0.39, 0.29) is 5.43 Å². The summed E-state index contributed by atoms with van der Waals surface area (Å²) in [6.45, 7) is 8.87. The lowest BCUT2D eigenvalue weighted by Gasteiger charge is -2.32. The van der Waals surface area contributed by atoms with Crippen molar-refractivity contribution >= 4 is 23.5 Å². The van der Waals surface area contributed by atoms with Crippen LogP contribution >= 0.6 is 0 Å². The van der Waals surface area contributed by atoms with E-state index in [1.807, 2.05) is 52.1 Å². The molecule has 166 valence electrons. The molecule has 0 atom stereocenters. The van der Waals surface area contributed by atoms with E-state index >= 15 is 0 Å². The highest BCUT2D eigenvalue weighted by atomic mass is 16.7. The summed E-state index contributed by atoms with van der Waals surface area (Å²) in [5.41, 5.74) is 2.38. The number of fused-ring (bicyclic) bond motifs is 1. The van der Waals surface area contributed by atoms with Gasteiger partial charge in [0.15, 0.2) is 5.43 Å². The van der Waals surface area contributed by atoms with Crippen molar-refractivity contribution in [2.75, 3.05) is 0 Å². The van der Waals surface area contributed by atoms with E-state index in [1.54, 1.807) is 6.07 Å². The fraction of sp³-hybridized carbons (Fsp3) is 0.370. The van der Waals surface area contributed by atoms with Crippen LogP contribution in [-0.4, -0.2) is 22.9 Å². The van der Waals surface area contributed by atoms with Crippen molar-refractivity contribution in [3.63, 3.8) is 0 Å². The van der Waals surface area contributed by atoms with Gasteiger partial charge in [-0.05, 0) is 70.1 Å². The number of allylic oxidation sites excluding steroid dienone is 2. The first-order valence-corrected chi connectivity index (χ1v) is 11.4. The minimum Gasteiger partial charge on any atom is -0.399 e. The maximum absolute atomic E-state index is 12.6. The zero-order valence-electron chi connectivity index (χ0n) is 19.5. The highest BCUT2D eigenvalue weighted by molar-refractivity contribution is 6.62. The Balaban J connectivity index is 1.44. The molecule has 0 unspecified atom stereocenters. The Morgan fingerprint density at radius 1 is 0.938 bits per heavy atom. The number of benzene rings is 2. The smallest absolute Gasteiger partial charge is 0.399 e. The van der Waals surface area contributed by atoms with Crippen LogP contribution in [0.5, 0.6) is 0 Å². The summed E-state index contributed by atoms with van der Waals surface area (Å²) in [5, 5.41) is 0.692. The third-order valence-corrected chi connectivity index (χ3v) is 6.67. The first kappa shape index (κ1) is 22.6. The molecule has 0 aliphatic carbocycles. The molecule has 0 saturated carbocycles. The highest BCUT2D eigenvalue weighted by Crippen LogP contribution is 2.36.